The first kappa shape index (κ1) is 15.7. The molecule has 1 unspecified atom stereocenters. The van der Waals surface area contributed by atoms with Gasteiger partial charge in [0, 0.05) is 24.9 Å². The standard InChI is InChI=1S/C15H21N3O2S/c1-3-12(2)13-4-6-15(7-5-13)21(19,20)18-9-8-14-10-16-11-17-14/h4-7,10-12,18H,3,8-9H2,1-2H3,(H,16,17). The van der Waals surface area contributed by atoms with E-state index in [0.717, 1.165) is 17.7 Å². The minimum Gasteiger partial charge on any atom is -0.348 e. The van der Waals surface area contributed by atoms with E-state index in [1.54, 1.807) is 24.7 Å². The lowest BCUT2D eigenvalue weighted by molar-refractivity contribution is 0.581. The van der Waals surface area contributed by atoms with Gasteiger partial charge in [-0.3, -0.25) is 0 Å². The van der Waals surface area contributed by atoms with Crippen molar-refractivity contribution < 1.29 is 8.42 Å². The van der Waals surface area contributed by atoms with Crippen LogP contribution in [0.5, 0.6) is 0 Å². The summed E-state index contributed by atoms with van der Waals surface area (Å²) in [4.78, 5) is 7.15. The first-order chi connectivity index (χ1) is 10.0. The van der Waals surface area contributed by atoms with Crippen LogP contribution in [-0.4, -0.2) is 24.9 Å². The highest BCUT2D eigenvalue weighted by Crippen LogP contribution is 2.20. The van der Waals surface area contributed by atoms with Gasteiger partial charge >= 0.3 is 0 Å². The van der Waals surface area contributed by atoms with E-state index in [0.29, 0.717) is 23.8 Å². The Morgan fingerprint density at radius 3 is 2.57 bits per heavy atom. The molecule has 0 radical (unpaired) electrons. The number of aromatic nitrogens is 2. The number of nitrogens with one attached hydrogen (secondary N) is 2. The lowest BCUT2D eigenvalue weighted by atomic mass is 9.99. The largest absolute Gasteiger partial charge is 0.348 e. The van der Waals surface area contributed by atoms with Crippen molar-refractivity contribution in [3.8, 4) is 0 Å². The molecule has 0 saturated heterocycles. The molecule has 114 valence electrons. The Balaban J connectivity index is 1.98. The van der Waals surface area contributed by atoms with Crippen molar-refractivity contribution in [1.29, 1.82) is 0 Å². The number of hydrogen-bond acceptors (Lipinski definition) is 3. The quantitative estimate of drug-likeness (QED) is 0.825. The van der Waals surface area contributed by atoms with Gasteiger partial charge in [-0.2, -0.15) is 0 Å². The van der Waals surface area contributed by atoms with Crippen LogP contribution in [-0.2, 0) is 16.4 Å². The first-order valence-electron chi connectivity index (χ1n) is 7.10. The van der Waals surface area contributed by atoms with Crippen LogP contribution >= 0.6 is 0 Å². The molecule has 0 aliphatic rings. The summed E-state index contributed by atoms with van der Waals surface area (Å²) in [6.45, 7) is 4.59. The van der Waals surface area contributed by atoms with Crippen LogP contribution in [0.2, 0.25) is 0 Å². The molecule has 1 heterocycles. The molecule has 1 aromatic heterocycles. The number of aromatic amines is 1. The van der Waals surface area contributed by atoms with Gasteiger partial charge < -0.3 is 4.98 Å². The summed E-state index contributed by atoms with van der Waals surface area (Å²) in [5.41, 5.74) is 2.07. The number of hydrogen-bond donors (Lipinski definition) is 2. The highest BCUT2D eigenvalue weighted by atomic mass is 32.2. The number of imidazole rings is 1. The lowest BCUT2D eigenvalue weighted by Gasteiger charge is -2.10. The molecule has 1 aromatic carbocycles. The van der Waals surface area contributed by atoms with Crippen molar-refractivity contribution in [2.24, 2.45) is 0 Å². The Hall–Kier alpha value is -1.66. The third kappa shape index (κ3) is 4.15. The summed E-state index contributed by atoms with van der Waals surface area (Å²) in [5, 5.41) is 0. The van der Waals surface area contributed by atoms with Gasteiger partial charge in [0.2, 0.25) is 10.0 Å². The van der Waals surface area contributed by atoms with E-state index in [2.05, 4.69) is 28.5 Å². The van der Waals surface area contributed by atoms with Gasteiger partial charge in [-0.25, -0.2) is 18.1 Å². The normalized spacial score (nSPS) is 13.2. The van der Waals surface area contributed by atoms with Crippen molar-refractivity contribution in [1.82, 2.24) is 14.7 Å². The number of benzene rings is 1. The zero-order chi connectivity index (χ0) is 15.3. The molecule has 0 aliphatic carbocycles. The van der Waals surface area contributed by atoms with E-state index >= 15 is 0 Å². The summed E-state index contributed by atoms with van der Waals surface area (Å²) < 4.78 is 26.9. The molecule has 0 saturated carbocycles. The fourth-order valence-electron chi connectivity index (χ4n) is 2.04. The minimum absolute atomic E-state index is 0.305. The summed E-state index contributed by atoms with van der Waals surface area (Å²) in [5.74, 6) is 0.440. The van der Waals surface area contributed by atoms with Crippen LogP contribution < -0.4 is 4.72 Å². The summed E-state index contributed by atoms with van der Waals surface area (Å²) in [6.07, 6.45) is 4.89. The summed E-state index contributed by atoms with van der Waals surface area (Å²) in [6, 6.07) is 7.11. The number of sulfonamides is 1. The van der Waals surface area contributed by atoms with Gasteiger partial charge in [-0.05, 0) is 30.0 Å². The molecule has 6 heteroatoms. The molecule has 0 bridgehead atoms. The predicted molar refractivity (Wildman–Crippen MR) is 82.6 cm³/mol. The molecule has 5 nitrogen and oxygen atoms in total. The summed E-state index contributed by atoms with van der Waals surface area (Å²) in [7, 11) is -3.45. The van der Waals surface area contributed by atoms with Gasteiger partial charge in [0.05, 0.1) is 11.2 Å². The SMILES string of the molecule is CCC(C)c1ccc(S(=O)(=O)NCCc2cnc[nH]2)cc1. The van der Waals surface area contributed by atoms with E-state index in [1.165, 1.54) is 0 Å². The van der Waals surface area contributed by atoms with Crippen LogP contribution in [0.25, 0.3) is 0 Å². The fraction of sp³-hybridized carbons (Fsp3) is 0.400. The van der Waals surface area contributed by atoms with Crippen LogP contribution in [0, 0.1) is 0 Å². The molecule has 2 rings (SSSR count). The predicted octanol–water partition coefficient (Wildman–Crippen LogP) is 2.44. The first-order valence-corrected chi connectivity index (χ1v) is 8.58. The fourth-order valence-corrected chi connectivity index (χ4v) is 3.07. The van der Waals surface area contributed by atoms with E-state index in [-0.39, 0.29) is 0 Å². The maximum absolute atomic E-state index is 12.2. The van der Waals surface area contributed by atoms with Crippen molar-refractivity contribution in [2.45, 2.75) is 37.5 Å². The molecule has 21 heavy (non-hydrogen) atoms. The zero-order valence-electron chi connectivity index (χ0n) is 12.3. The molecule has 2 N–H and O–H groups in total. The third-order valence-electron chi connectivity index (χ3n) is 3.61. The molecule has 2 aromatic rings. The highest BCUT2D eigenvalue weighted by Gasteiger charge is 2.14. The average Bonchev–Trinajstić information content (AvgIpc) is 2.99. The van der Waals surface area contributed by atoms with Gasteiger partial charge in [-0.15, -0.1) is 0 Å². The maximum Gasteiger partial charge on any atom is 0.240 e. The van der Waals surface area contributed by atoms with Crippen LogP contribution in [0.3, 0.4) is 0 Å². The Kier molecular flexibility index (Phi) is 5.14. The second-order valence-electron chi connectivity index (χ2n) is 5.10. The van der Waals surface area contributed by atoms with E-state index < -0.39 is 10.0 Å². The maximum atomic E-state index is 12.2. The molecule has 0 amide bonds. The smallest absolute Gasteiger partial charge is 0.240 e. The van der Waals surface area contributed by atoms with Gasteiger partial charge in [0.1, 0.15) is 0 Å². The van der Waals surface area contributed by atoms with Gasteiger partial charge in [-0.1, -0.05) is 26.0 Å². The average molecular weight is 307 g/mol. The van der Waals surface area contributed by atoms with E-state index in [1.807, 2.05) is 12.1 Å². The van der Waals surface area contributed by atoms with Crippen LogP contribution in [0.1, 0.15) is 37.4 Å². The number of rotatable bonds is 7. The molecule has 0 aliphatic heterocycles. The van der Waals surface area contributed by atoms with Crippen molar-refractivity contribution in [2.75, 3.05) is 6.54 Å². The second-order valence-corrected chi connectivity index (χ2v) is 6.87. The summed E-state index contributed by atoms with van der Waals surface area (Å²) >= 11 is 0. The topological polar surface area (TPSA) is 74.8 Å². The number of H-pyrrole nitrogens is 1. The van der Waals surface area contributed by atoms with Crippen molar-refractivity contribution in [3.63, 3.8) is 0 Å². The molecular formula is C15H21N3O2S. The number of nitrogens with zero attached hydrogens (tertiary/aromatic N) is 1. The Bertz CT molecular complexity index is 649. The van der Waals surface area contributed by atoms with Gasteiger partial charge in [0.15, 0.2) is 0 Å². The highest BCUT2D eigenvalue weighted by molar-refractivity contribution is 7.89. The van der Waals surface area contributed by atoms with E-state index in [4.69, 9.17) is 0 Å². The van der Waals surface area contributed by atoms with Crippen molar-refractivity contribution in [3.05, 3.63) is 48.0 Å². The Labute approximate surface area is 125 Å². The molecular weight excluding hydrogens is 286 g/mol. The molecule has 1 atom stereocenters. The van der Waals surface area contributed by atoms with Crippen molar-refractivity contribution >= 4 is 10.0 Å². The third-order valence-corrected chi connectivity index (χ3v) is 5.09. The lowest BCUT2D eigenvalue weighted by Crippen LogP contribution is -2.26. The molecule has 0 fully saturated rings. The second kappa shape index (κ2) is 6.87. The van der Waals surface area contributed by atoms with Gasteiger partial charge in [0.25, 0.3) is 0 Å². The minimum atomic E-state index is -3.45. The van der Waals surface area contributed by atoms with Crippen LogP contribution in [0.15, 0.2) is 41.7 Å². The Morgan fingerprint density at radius 1 is 1.29 bits per heavy atom. The van der Waals surface area contributed by atoms with Crippen LogP contribution in [0.4, 0.5) is 0 Å². The Morgan fingerprint density at radius 2 is 2.00 bits per heavy atom. The molecule has 0 spiro atoms. The van der Waals surface area contributed by atoms with E-state index in [9.17, 15) is 8.42 Å². The zero-order valence-corrected chi connectivity index (χ0v) is 13.2. The monoisotopic (exact) mass is 307 g/mol.